The summed E-state index contributed by atoms with van der Waals surface area (Å²) >= 11 is -1.01. The van der Waals surface area contributed by atoms with Crippen LogP contribution in [0.4, 0.5) is 0 Å². The molecule has 0 radical (unpaired) electrons. The number of hydrogen-bond acceptors (Lipinski definition) is 2. The molecular formula is C17H37AlO2. The van der Waals surface area contributed by atoms with Crippen LogP contribution in [-0.4, -0.2) is 27.4 Å². The lowest BCUT2D eigenvalue weighted by atomic mass is 10.1. The van der Waals surface area contributed by atoms with Crippen LogP contribution in [0.2, 0.25) is 10.6 Å². The summed E-state index contributed by atoms with van der Waals surface area (Å²) in [4.78, 5) is 0. The number of rotatable bonds is 15. The van der Waals surface area contributed by atoms with E-state index in [4.69, 9.17) is 8.53 Å². The number of hydrogen-bond donors (Lipinski definition) is 0. The van der Waals surface area contributed by atoms with Crippen LogP contribution in [0.25, 0.3) is 0 Å². The first-order valence-electron chi connectivity index (χ1n) is 9.05. The Morgan fingerprint density at radius 1 is 0.750 bits per heavy atom. The first-order chi connectivity index (χ1) is 9.78. The lowest BCUT2D eigenvalue weighted by Crippen LogP contribution is -2.27. The average molecular weight is 300 g/mol. The SMILES string of the molecule is CCCCCCCCOC(CC)[O][Al]([CH2]CC)[CH2]CC. The van der Waals surface area contributed by atoms with Gasteiger partial charge in [0.1, 0.15) is 6.29 Å². The fourth-order valence-corrected chi connectivity index (χ4v) is 5.04. The van der Waals surface area contributed by atoms with Gasteiger partial charge in [-0.3, -0.25) is 0 Å². The summed E-state index contributed by atoms with van der Waals surface area (Å²) in [7, 11) is 0. The second kappa shape index (κ2) is 15.8. The predicted molar refractivity (Wildman–Crippen MR) is 90.4 cm³/mol. The minimum Gasteiger partial charge on any atom is -0.478 e. The normalized spacial score (nSPS) is 12.6. The summed E-state index contributed by atoms with van der Waals surface area (Å²) in [5.74, 6) is 0. The minimum atomic E-state index is -1.01. The third-order valence-electron chi connectivity index (χ3n) is 3.70. The van der Waals surface area contributed by atoms with Gasteiger partial charge in [0.25, 0.3) is 0 Å². The Kier molecular flexibility index (Phi) is 16.2. The molecule has 0 N–H and O–H groups in total. The van der Waals surface area contributed by atoms with Gasteiger partial charge in [0.15, 0.2) is 0 Å². The van der Waals surface area contributed by atoms with Gasteiger partial charge in [0, 0.05) is 6.61 Å². The van der Waals surface area contributed by atoms with Crippen LogP contribution >= 0.6 is 0 Å². The molecule has 0 saturated heterocycles. The van der Waals surface area contributed by atoms with Gasteiger partial charge < -0.3 is 8.53 Å². The maximum atomic E-state index is 6.24. The van der Waals surface area contributed by atoms with E-state index in [9.17, 15) is 0 Å². The Morgan fingerprint density at radius 2 is 1.35 bits per heavy atom. The molecule has 0 spiro atoms. The van der Waals surface area contributed by atoms with E-state index in [1.54, 1.807) is 0 Å². The van der Waals surface area contributed by atoms with Crippen LogP contribution in [0.3, 0.4) is 0 Å². The molecule has 1 unspecified atom stereocenters. The zero-order valence-corrected chi connectivity index (χ0v) is 15.6. The van der Waals surface area contributed by atoms with E-state index in [2.05, 4.69) is 27.7 Å². The van der Waals surface area contributed by atoms with Crippen molar-refractivity contribution in [2.45, 2.75) is 102 Å². The van der Waals surface area contributed by atoms with E-state index in [1.807, 2.05) is 0 Å². The number of unbranched alkanes of at least 4 members (excludes halogenated alkanes) is 5. The van der Waals surface area contributed by atoms with Crippen LogP contribution in [0.15, 0.2) is 0 Å². The van der Waals surface area contributed by atoms with E-state index in [0.29, 0.717) is 0 Å². The highest BCUT2D eigenvalue weighted by atomic mass is 27.2. The molecule has 3 heteroatoms. The molecule has 0 aromatic carbocycles. The molecule has 0 aromatic rings. The molecule has 0 amide bonds. The Balaban J connectivity index is 3.68. The van der Waals surface area contributed by atoms with Gasteiger partial charge in [-0.15, -0.1) is 0 Å². The molecule has 0 fully saturated rings. The predicted octanol–water partition coefficient (Wildman–Crippen LogP) is 5.93. The van der Waals surface area contributed by atoms with E-state index < -0.39 is 14.5 Å². The Hall–Kier alpha value is 0.452. The minimum absolute atomic E-state index is 0.0698. The smallest absolute Gasteiger partial charge is 0.462 e. The topological polar surface area (TPSA) is 18.5 Å². The Morgan fingerprint density at radius 3 is 1.90 bits per heavy atom. The van der Waals surface area contributed by atoms with Crippen molar-refractivity contribution >= 4 is 14.5 Å². The van der Waals surface area contributed by atoms with Crippen molar-refractivity contribution in [2.24, 2.45) is 0 Å². The monoisotopic (exact) mass is 300 g/mol. The maximum Gasteiger partial charge on any atom is 0.462 e. The molecule has 0 rings (SSSR count). The van der Waals surface area contributed by atoms with Crippen molar-refractivity contribution in [3.05, 3.63) is 0 Å². The molecule has 2 nitrogen and oxygen atoms in total. The summed E-state index contributed by atoms with van der Waals surface area (Å²) in [6.45, 7) is 9.84. The van der Waals surface area contributed by atoms with Crippen LogP contribution < -0.4 is 0 Å². The van der Waals surface area contributed by atoms with Crippen molar-refractivity contribution in [3.8, 4) is 0 Å². The molecule has 0 aliphatic heterocycles. The fraction of sp³-hybridized carbons (Fsp3) is 1.00. The summed E-state index contributed by atoms with van der Waals surface area (Å²) in [6.07, 6.45) is 11.5. The van der Waals surface area contributed by atoms with Gasteiger partial charge in [0.05, 0.1) is 0 Å². The summed E-state index contributed by atoms with van der Waals surface area (Å²) in [6, 6.07) is 0. The van der Waals surface area contributed by atoms with Crippen LogP contribution in [0.5, 0.6) is 0 Å². The van der Waals surface area contributed by atoms with Crippen molar-refractivity contribution in [1.82, 2.24) is 0 Å². The van der Waals surface area contributed by atoms with Crippen molar-refractivity contribution in [2.75, 3.05) is 6.61 Å². The van der Waals surface area contributed by atoms with Crippen LogP contribution in [0, 0.1) is 0 Å². The van der Waals surface area contributed by atoms with E-state index >= 15 is 0 Å². The first kappa shape index (κ1) is 20.5. The zero-order chi connectivity index (χ0) is 15.1. The third-order valence-corrected chi connectivity index (χ3v) is 6.83. The zero-order valence-electron chi connectivity index (χ0n) is 14.5. The lowest BCUT2D eigenvalue weighted by Gasteiger charge is -2.22. The fourth-order valence-electron chi connectivity index (χ4n) is 2.49. The molecule has 0 bridgehead atoms. The number of ether oxygens (including phenoxy) is 1. The summed E-state index contributed by atoms with van der Waals surface area (Å²) in [5.41, 5.74) is 0. The second-order valence-electron chi connectivity index (χ2n) is 5.81. The first-order valence-corrected chi connectivity index (χ1v) is 11.2. The highest BCUT2D eigenvalue weighted by Crippen LogP contribution is 2.13. The van der Waals surface area contributed by atoms with Crippen LogP contribution in [0.1, 0.15) is 85.5 Å². The summed E-state index contributed by atoms with van der Waals surface area (Å²) < 4.78 is 12.2. The van der Waals surface area contributed by atoms with Crippen LogP contribution in [-0.2, 0) is 8.53 Å². The van der Waals surface area contributed by atoms with Gasteiger partial charge in [-0.2, -0.15) is 0 Å². The largest absolute Gasteiger partial charge is 0.478 e. The highest BCUT2D eigenvalue weighted by molar-refractivity contribution is 6.51. The molecule has 120 valence electrons. The molecule has 20 heavy (non-hydrogen) atoms. The van der Waals surface area contributed by atoms with Crippen molar-refractivity contribution in [3.63, 3.8) is 0 Å². The van der Waals surface area contributed by atoms with Gasteiger partial charge in [-0.25, -0.2) is 0 Å². The van der Waals surface area contributed by atoms with E-state index in [1.165, 1.54) is 61.9 Å². The van der Waals surface area contributed by atoms with Crippen molar-refractivity contribution < 1.29 is 8.53 Å². The Labute approximate surface area is 132 Å². The maximum absolute atomic E-state index is 6.24. The molecular weight excluding hydrogens is 263 g/mol. The van der Waals surface area contributed by atoms with Gasteiger partial charge in [-0.05, 0) is 12.8 Å². The standard InChI is InChI=1S/C11H23O2.2C3H7.Al/c1-3-5-6-7-8-9-10-13-11(12)4-2;2*1-3-2;/h11H,3-10H2,1-2H3;2*1,3H2,2H3;/q-1;;;+1. The molecule has 0 aliphatic rings. The van der Waals surface area contributed by atoms with E-state index in [-0.39, 0.29) is 6.29 Å². The third kappa shape index (κ3) is 12.2. The van der Waals surface area contributed by atoms with Gasteiger partial charge in [-0.1, -0.05) is 83.2 Å². The average Bonchev–Trinajstić information content (AvgIpc) is 2.45. The molecule has 0 heterocycles. The Bertz CT molecular complexity index is 182. The highest BCUT2D eigenvalue weighted by Gasteiger charge is 2.22. The van der Waals surface area contributed by atoms with Gasteiger partial charge >= 0.3 is 14.5 Å². The molecule has 1 atom stereocenters. The summed E-state index contributed by atoms with van der Waals surface area (Å²) in [5, 5.41) is 2.59. The quantitative estimate of drug-likeness (QED) is 0.212. The van der Waals surface area contributed by atoms with E-state index in [0.717, 1.165) is 13.0 Å². The molecule has 0 aromatic heterocycles. The molecule has 0 saturated carbocycles. The van der Waals surface area contributed by atoms with Gasteiger partial charge in [0.2, 0.25) is 0 Å². The molecule has 0 aliphatic carbocycles. The lowest BCUT2D eigenvalue weighted by molar-refractivity contribution is -0.0857. The van der Waals surface area contributed by atoms with Crippen molar-refractivity contribution in [1.29, 1.82) is 0 Å². The second-order valence-corrected chi connectivity index (χ2v) is 8.48.